The van der Waals surface area contributed by atoms with Crippen LogP contribution < -0.4 is 9.64 Å². The highest BCUT2D eigenvalue weighted by atomic mass is 35.5. The number of carbonyl (C=O) groups excluding carboxylic acids is 1. The number of ether oxygens (including phenoxy) is 1. The zero-order chi connectivity index (χ0) is 22.9. The lowest BCUT2D eigenvalue weighted by atomic mass is 9.65. The number of fused-ring (bicyclic) bond motifs is 1. The SMILES string of the molecule is COc1ccc(C2(C)CC(C)(C)N(C(=O)/C=C/c3ccc(Cl)cc3)c3ccccc32)cc1. The third-order valence-electron chi connectivity index (χ3n) is 6.37. The molecule has 1 unspecified atom stereocenters. The number of halogens is 1. The first-order valence-electron chi connectivity index (χ1n) is 10.8. The van der Waals surface area contributed by atoms with Gasteiger partial charge in [0.15, 0.2) is 0 Å². The first kappa shape index (κ1) is 22.2. The molecule has 1 aliphatic rings. The first-order valence-corrected chi connectivity index (χ1v) is 11.1. The predicted octanol–water partition coefficient (Wildman–Crippen LogP) is 6.88. The standard InChI is InChI=1S/C28H28ClNO2/c1-27(2)19-28(3,21-12-16-23(32-4)17-13-21)24-7-5-6-8-25(24)30(27)26(31)18-11-20-9-14-22(29)15-10-20/h5-18H,19H2,1-4H3/b18-11+. The molecule has 0 aromatic heterocycles. The van der Waals surface area contributed by atoms with Crippen molar-refractivity contribution in [2.45, 2.75) is 38.1 Å². The number of carbonyl (C=O) groups is 1. The van der Waals surface area contributed by atoms with Crippen LogP contribution in [-0.2, 0) is 10.2 Å². The Balaban J connectivity index is 1.74. The molecule has 0 aliphatic carbocycles. The molecule has 3 aromatic rings. The van der Waals surface area contributed by atoms with Gasteiger partial charge in [-0.2, -0.15) is 0 Å². The lowest BCUT2D eigenvalue weighted by molar-refractivity contribution is -0.115. The maximum Gasteiger partial charge on any atom is 0.251 e. The van der Waals surface area contributed by atoms with Gasteiger partial charge in [0.1, 0.15) is 5.75 Å². The number of nitrogens with zero attached hydrogens (tertiary/aromatic N) is 1. The van der Waals surface area contributed by atoms with E-state index in [9.17, 15) is 4.79 Å². The van der Waals surface area contributed by atoms with E-state index in [1.54, 1.807) is 13.2 Å². The van der Waals surface area contributed by atoms with Crippen LogP contribution in [-0.4, -0.2) is 18.6 Å². The van der Waals surface area contributed by atoms with Crippen LogP contribution in [0.5, 0.6) is 5.75 Å². The van der Waals surface area contributed by atoms with E-state index in [0.29, 0.717) is 5.02 Å². The van der Waals surface area contributed by atoms with Crippen LogP contribution in [0.2, 0.25) is 5.02 Å². The van der Waals surface area contributed by atoms with Gasteiger partial charge in [-0.1, -0.05) is 61.0 Å². The van der Waals surface area contributed by atoms with E-state index in [0.717, 1.165) is 29.0 Å². The summed E-state index contributed by atoms with van der Waals surface area (Å²) in [6.07, 6.45) is 4.29. The molecule has 1 atom stereocenters. The zero-order valence-electron chi connectivity index (χ0n) is 18.9. The molecule has 0 bridgehead atoms. The summed E-state index contributed by atoms with van der Waals surface area (Å²) in [6.45, 7) is 6.54. The third kappa shape index (κ3) is 4.05. The Kier molecular flexibility index (Phi) is 5.87. The van der Waals surface area contributed by atoms with Crippen LogP contribution in [0.3, 0.4) is 0 Å². The summed E-state index contributed by atoms with van der Waals surface area (Å²) in [4.78, 5) is 15.4. The van der Waals surface area contributed by atoms with Crippen molar-refractivity contribution in [1.29, 1.82) is 0 Å². The van der Waals surface area contributed by atoms with Gasteiger partial charge in [0.25, 0.3) is 5.91 Å². The van der Waals surface area contributed by atoms with Crippen molar-refractivity contribution in [3.05, 3.63) is 101 Å². The smallest absolute Gasteiger partial charge is 0.251 e. The van der Waals surface area contributed by atoms with Crippen molar-refractivity contribution >= 4 is 29.3 Å². The molecule has 4 heteroatoms. The molecular weight excluding hydrogens is 418 g/mol. The maximum atomic E-state index is 13.4. The van der Waals surface area contributed by atoms with Gasteiger partial charge in [-0.3, -0.25) is 4.79 Å². The number of anilines is 1. The maximum absolute atomic E-state index is 13.4. The van der Waals surface area contributed by atoms with Crippen LogP contribution in [0, 0.1) is 0 Å². The molecule has 0 radical (unpaired) electrons. The second-order valence-electron chi connectivity index (χ2n) is 9.13. The summed E-state index contributed by atoms with van der Waals surface area (Å²) < 4.78 is 5.35. The first-order chi connectivity index (χ1) is 15.2. The average molecular weight is 446 g/mol. The van der Waals surface area contributed by atoms with Gasteiger partial charge in [0.2, 0.25) is 0 Å². The number of hydrogen-bond donors (Lipinski definition) is 0. The molecule has 1 amide bonds. The number of amides is 1. The van der Waals surface area contributed by atoms with Crippen molar-refractivity contribution in [3.8, 4) is 5.75 Å². The molecule has 32 heavy (non-hydrogen) atoms. The Bertz CT molecular complexity index is 1150. The quantitative estimate of drug-likeness (QED) is 0.409. The molecule has 1 aliphatic heterocycles. The van der Waals surface area contributed by atoms with Gasteiger partial charge in [0.05, 0.1) is 7.11 Å². The largest absolute Gasteiger partial charge is 0.497 e. The molecule has 4 rings (SSSR count). The summed E-state index contributed by atoms with van der Waals surface area (Å²) >= 11 is 5.98. The minimum Gasteiger partial charge on any atom is -0.497 e. The molecule has 3 nitrogen and oxygen atoms in total. The second-order valence-corrected chi connectivity index (χ2v) is 9.56. The molecule has 1 heterocycles. The Labute approximate surface area is 195 Å². The van der Waals surface area contributed by atoms with Gasteiger partial charge in [0, 0.05) is 27.7 Å². The van der Waals surface area contributed by atoms with Gasteiger partial charge in [-0.05, 0) is 73.4 Å². The number of hydrogen-bond acceptors (Lipinski definition) is 2. The number of benzene rings is 3. The lowest BCUT2D eigenvalue weighted by Gasteiger charge is -2.51. The zero-order valence-corrected chi connectivity index (χ0v) is 19.7. The Hall–Kier alpha value is -3.04. The van der Waals surface area contributed by atoms with Crippen molar-refractivity contribution in [2.24, 2.45) is 0 Å². The van der Waals surface area contributed by atoms with E-state index in [1.807, 2.05) is 65.6 Å². The van der Waals surface area contributed by atoms with Crippen LogP contribution in [0.15, 0.2) is 78.9 Å². The van der Waals surface area contributed by atoms with Crippen LogP contribution in [0.25, 0.3) is 6.08 Å². The fourth-order valence-corrected chi connectivity index (χ4v) is 5.08. The van der Waals surface area contributed by atoms with Gasteiger partial charge in [-0.15, -0.1) is 0 Å². The highest BCUT2D eigenvalue weighted by Crippen LogP contribution is 2.50. The predicted molar refractivity (Wildman–Crippen MR) is 133 cm³/mol. The van der Waals surface area contributed by atoms with Crippen molar-refractivity contribution in [3.63, 3.8) is 0 Å². The van der Waals surface area contributed by atoms with Crippen molar-refractivity contribution in [2.75, 3.05) is 12.0 Å². The van der Waals surface area contributed by atoms with Crippen LogP contribution >= 0.6 is 11.6 Å². The molecule has 164 valence electrons. The Morgan fingerprint density at radius 1 is 0.969 bits per heavy atom. The van der Waals surface area contributed by atoms with Crippen LogP contribution in [0.4, 0.5) is 5.69 Å². The molecule has 3 aromatic carbocycles. The lowest BCUT2D eigenvalue weighted by Crippen LogP contribution is -2.55. The minimum atomic E-state index is -0.384. The summed E-state index contributed by atoms with van der Waals surface area (Å²) in [5.41, 5.74) is 3.63. The molecule has 0 N–H and O–H groups in total. The fourth-order valence-electron chi connectivity index (χ4n) is 4.95. The van der Waals surface area contributed by atoms with Gasteiger partial charge < -0.3 is 9.64 Å². The van der Waals surface area contributed by atoms with E-state index < -0.39 is 0 Å². The van der Waals surface area contributed by atoms with Crippen molar-refractivity contribution < 1.29 is 9.53 Å². The summed E-state index contributed by atoms with van der Waals surface area (Å²) in [6, 6.07) is 24.0. The van der Waals surface area contributed by atoms with Crippen LogP contribution in [0.1, 0.15) is 43.9 Å². The van der Waals surface area contributed by atoms with E-state index in [-0.39, 0.29) is 16.9 Å². The average Bonchev–Trinajstić information content (AvgIpc) is 2.78. The number of methoxy groups -OCH3 is 1. The van der Waals surface area contributed by atoms with E-state index in [4.69, 9.17) is 16.3 Å². The van der Waals surface area contributed by atoms with Gasteiger partial charge >= 0.3 is 0 Å². The summed E-state index contributed by atoms with van der Waals surface area (Å²) in [7, 11) is 1.68. The second kappa shape index (κ2) is 8.48. The molecule has 0 spiro atoms. The van der Waals surface area contributed by atoms with E-state index in [1.165, 1.54) is 5.56 Å². The molecule has 0 saturated carbocycles. The Morgan fingerprint density at radius 3 is 2.28 bits per heavy atom. The topological polar surface area (TPSA) is 29.5 Å². The monoisotopic (exact) mass is 445 g/mol. The summed E-state index contributed by atoms with van der Waals surface area (Å²) in [5, 5.41) is 0.678. The third-order valence-corrected chi connectivity index (χ3v) is 6.62. The number of para-hydroxylation sites is 1. The Morgan fingerprint density at radius 2 is 1.62 bits per heavy atom. The molecular formula is C28H28ClNO2. The number of rotatable bonds is 4. The highest BCUT2D eigenvalue weighted by Gasteiger charge is 2.47. The normalized spacial score (nSPS) is 19.6. The van der Waals surface area contributed by atoms with E-state index >= 15 is 0 Å². The van der Waals surface area contributed by atoms with E-state index in [2.05, 4.69) is 39.0 Å². The highest BCUT2D eigenvalue weighted by molar-refractivity contribution is 6.30. The van der Waals surface area contributed by atoms with Gasteiger partial charge in [-0.25, -0.2) is 0 Å². The fraction of sp³-hybridized carbons (Fsp3) is 0.250. The summed E-state index contributed by atoms with van der Waals surface area (Å²) in [5.74, 6) is 0.805. The minimum absolute atomic E-state index is 0.0332. The molecule has 0 saturated heterocycles. The molecule has 0 fully saturated rings. The van der Waals surface area contributed by atoms with Crippen molar-refractivity contribution in [1.82, 2.24) is 0 Å².